The van der Waals surface area contributed by atoms with Crippen LogP contribution in [0.25, 0.3) is 0 Å². The van der Waals surface area contributed by atoms with Gasteiger partial charge in [0, 0.05) is 22.6 Å². The number of hydrogen-bond donors (Lipinski definition) is 4. The van der Waals surface area contributed by atoms with Crippen molar-refractivity contribution < 1.29 is 0 Å². The van der Waals surface area contributed by atoms with Gasteiger partial charge in [-0.2, -0.15) is 0 Å². The minimum atomic E-state index is 0.340. The Bertz CT molecular complexity index is 857. The van der Waals surface area contributed by atoms with Gasteiger partial charge in [-0.1, -0.05) is 6.58 Å². The maximum absolute atomic E-state index is 5.88. The highest BCUT2D eigenvalue weighted by Crippen LogP contribution is 2.21. The molecule has 0 spiro atoms. The number of nitrogen functional groups attached to an aromatic ring is 2. The van der Waals surface area contributed by atoms with Crippen LogP contribution in [0.3, 0.4) is 0 Å². The molecular weight excluding hydrogens is 300 g/mol. The first kappa shape index (κ1) is 15.4. The van der Waals surface area contributed by atoms with Crippen LogP contribution in [0.4, 0.5) is 22.7 Å². The van der Waals surface area contributed by atoms with Crippen LogP contribution in [-0.2, 0) is 0 Å². The van der Waals surface area contributed by atoms with Crippen LogP contribution >= 0.6 is 0 Å². The number of nitrogens with one attached hydrogen (secondary N) is 1. The number of benzene rings is 2. The van der Waals surface area contributed by atoms with Gasteiger partial charge in [0.05, 0.1) is 11.4 Å². The van der Waals surface area contributed by atoms with E-state index in [1.54, 1.807) is 12.1 Å². The first-order valence-corrected chi connectivity index (χ1v) is 7.33. The van der Waals surface area contributed by atoms with Gasteiger partial charge in [0.15, 0.2) is 5.84 Å². The predicted octanol–water partition coefficient (Wildman–Crippen LogP) is 2.80. The quantitative estimate of drug-likeness (QED) is 0.651. The Hall–Kier alpha value is -3.54. The van der Waals surface area contributed by atoms with Crippen molar-refractivity contribution in [1.29, 1.82) is 0 Å². The maximum atomic E-state index is 5.88. The SMILES string of the molecule is C=C1C=C(Nc2ccc(N)cc2)C(=Nc2ccc(N)cc2)N=C1N. The molecule has 0 radical (unpaired) electrons. The highest BCUT2D eigenvalue weighted by Gasteiger charge is 2.15. The highest BCUT2D eigenvalue weighted by molar-refractivity contribution is 6.17. The van der Waals surface area contributed by atoms with E-state index < -0.39 is 0 Å². The zero-order chi connectivity index (χ0) is 17.1. The van der Waals surface area contributed by atoms with Crippen molar-refractivity contribution in [2.75, 3.05) is 16.8 Å². The van der Waals surface area contributed by atoms with Crippen molar-refractivity contribution in [1.82, 2.24) is 0 Å². The van der Waals surface area contributed by atoms with E-state index in [4.69, 9.17) is 17.2 Å². The molecule has 1 aliphatic rings. The normalized spacial score (nSPS) is 15.8. The molecule has 0 aliphatic carbocycles. The summed E-state index contributed by atoms with van der Waals surface area (Å²) in [4.78, 5) is 8.87. The molecule has 120 valence electrons. The molecule has 0 bridgehead atoms. The monoisotopic (exact) mass is 318 g/mol. The van der Waals surface area contributed by atoms with Gasteiger partial charge in [0.2, 0.25) is 0 Å². The van der Waals surface area contributed by atoms with Gasteiger partial charge < -0.3 is 22.5 Å². The summed E-state index contributed by atoms with van der Waals surface area (Å²) in [6, 6.07) is 14.6. The summed E-state index contributed by atoms with van der Waals surface area (Å²) < 4.78 is 0. The standard InChI is InChI=1S/C18H18N6/c1-11-10-16(22-14-6-2-12(19)3-7-14)18(24-17(11)21)23-15-8-4-13(20)5-9-15/h2-10,22H,1,19-20H2,(H2,21,23,24). The van der Waals surface area contributed by atoms with Crippen LogP contribution in [-0.4, -0.2) is 11.7 Å². The van der Waals surface area contributed by atoms with E-state index in [1.807, 2.05) is 42.5 Å². The summed E-state index contributed by atoms with van der Waals surface area (Å²) in [5.74, 6) is 0.813. The largest absolute Gasteiger partial charge is 0.399 e. The fourth-order valence-electron chi connectivity index (χ4n) is 2.13. The summed E-state index contributed by atoms with van der Waals surface area (Å²) >= 11 is 0. The average Bonchev–Trinajstić information content (AvgIpc) is 2.56. The molecular formula is C18H18N6. The Labute approximate surface area is 140 Å². The van der Waals surface area contributed by atoms with Gasteiger partial charge in [-0.25, -0.2) is 9.98 Å². The number of anilines is 3. The minimum Gasteiger partial charge on any atom is -0.399 e. The molecule has 6 heteroatoms. The lowest BCUT2D eigenvalue weighted by atomic mass is 10.1. The van der Waals surface area contributed by atoms with Gasteiger partial charge in [-0.3, -0.25) is 0 Å². The van der Waals surface area contributed by atoms with Crippen molar-refractivity contribution >= 4 is 34.4 Å². The van der Waals surface area contributed by atoms with Gasteiger partial charge in [0.1, 0.15) is 5.84 Å². The molecule has 0 saturated carbocycles. The van der Waals surface area contributed by atoms with Crippen molar-refractivity contribution in [3.63, 3.8) is 0 Å². The molecule has 7 N–H and O–H groups in total. The molecule has 0 unspecified atom stereocenters. The van der Waals surface area contributed by atoms with Crippen molar-refractivity contribution in [3.05, 3.63) is 72.5 Å². The summed E-state index contributed by atoms with van der Waals surface area (Å²) in [7, 11) is 0. The lowest BCUT2D eigenvalue weighted by Gasteiger charge is -2.16. The van der Waals surface area contributed by atoms with E-state index >= 15 is 0 Å². The Morgan fingerprint density at radius 2 is 1.46 bits per heavy atom. The van der Waals surface area contributed by atoms with Crippen LogP contribution in [0, 0.1) is 0 Å². The molecule has 0 amide bonds. The first-order valence-electron chi connectivity index (χ1n) is 7.33. The number of nitrogens with two attached hydrogens (primary N) is 3. The van der Waals surface area contributed by atoms with Crippen LogP contribution in [0.1, 0.15) is 0 Å². The van der Waals surface area contributed by atoms with Crippen LogP contribution < -0.4 is 22.5 Å². The molecule has 6 nitrogen and oxygen atoms in total. The summed E-state index contributed by atoms with van der Waals surface area (Å²) in [5.41, 5.74) is 21.6. The molecule has 2 aromatic carbocycles. The second-order valence-corrected chi connectivity index (χ2v) is 5.35. The van der Waals surface area contributed by atoms with Gasteiger partial charge in [0.25, 0.3) is 0 Å². The topological polar surface area (TPSA) is 115 Å². The molecule has 1 aliphatic heterocycles. The number of nitrogens with zero attached hydrogens (tertiary/aromatic N) is 2. The molecule has 2 aromatic rings. The average molecular weight is 318 g/mol. The maximum Gasteiger partial charge on any atom is 0.178 e. The predicted molar refractivity (Wildman–Crippen MR) is 101 cm³/mol. The van der Waals surface area contributed by atoms with E-state index in [9.17, 15) is 0 Å². The molecule has 1 heterocycles. The Morgan fingerprint density at radius 1 is 0.875 bits per heavy atom. The van der Waals surface area contributed by atoms with Crippen molar-refractivity contribution in [2.45, 2.75) is 0 Å². The Balaban J connectivity index is 1.94. The van der Waals surface area contributed by atoms with Crippen molar-refractivity contribution in [2.24, 2.45) is 15.7 Å². The van der Waals surface area contributed by atoms with E-state index in [0.29, 0.717) is 34.3 Å². The van der Waals surface area contributed by atoms with E-state index in [1.165, 1.54) is 0 Å². The smallest absolute Gasteiger partial charge is 0.178 e. The first-order chi connectivity index (χ1) is 11.5. The Morgan fingerprint density at radius 3 is 2.08 bits per heavy atom. The van der Waals surface area contributed by atoms with Crippen molar-refractivity contribution in [3.8, 4) is 0 Å². The highest BCUT2D eigenvalue weighted by atomic mass is 15.0. The molecule has 0 atom stereocenters. The third kappa shape index (κ3) is 3.44. The fourth-order valence-corrected chi connectivity index (χ4v) is 2.13. The van der Waals surface area contributed by atoms with E-state index in [2.05, 4.69) is 21.9 Å². The third-order valence-electron chi connectivity index (χ3n) is 3.43. The molecule has 0 saturated heterocycles. The second-order valence-electron chi connectivity index (χ2n) is 5.35. The number of amidine groups is 2. The summed E-state index contributed by atoms with van der Waals surface area (Å²) in [6.45, 7) is 3.89. The minimum absolute atomic E-state index is 0.340. The van der Waals surface area contributed by atoms with Gasteiger partial charge >= 0.3 is 0 Å². The molecule has 0 fully saturated rings. The number of hydrogen-bond acceptors (Lipinski definition) is 5. The number of aliphatic imine (C=N–C) groups is 2. The van der Waals surface area contributed by atoms with Crippen LogP contribution in [0.15, 0.2) is 82.4 Å². The lowest BCUT2D eigenvalue weighted by Crippen LogP contribution is -2.23. The summed E-state index contributed by atoms with van der Waals surface area (Å²) in [5, 5.41) is 3.27. The molecule has 3 rings (SSSR count). The van der Waals surface area contributed by atoms with Crippen LogP contribution in [0.2, 0.25) is 0 Å². The van der Waals surface area contributed by atoms with Gasteiger partial charge in [-0.05, 0) is 54.6 Å². The van der Waals surface area contributed by atoms with Gasteiger partial charge in [-0.15, -0.1) is 0 Å². The third-order valence-corrected chi connectivity index (χ3v) is 3.43. The van der Waals surface area contributed by atoms with Crippen LogP contribution in [0.5, 0.6) is 0 Å². The Kier molecular flexibility index (Phi) is 4.03. The number of rotatable bonds is 3. The van der Waals surface area contributed by atoms with E-state index in [-0.39, 0.29) is 0 Å². The number of dihydropyridines is 1. The fraction of sp³-hybridized carbons (Fsp3) is 0. The zero-order valence-electron chi connectivity index (χ0n) is 13.0. The molecule has 24 heavy (non-hydrogen) atoms. The zero-order valence-corrected chi connectivity index (χ0v) is 13.0. The summed E-state index contributed by atoms with van der Waals surface area (Å²) in [6.07, 6.45) is 1.81. The molecule has 0 aromatic heterocycles. The lowest BCUT2D eigenvalue weighted by molar-refractivity contribution is 1.37. The van der Waals surface area contributed by atoms with E-state index in [0.717, 1.165) is 11.4 Å². The second kappa shape index (κ2) is 6.29.